The second kappa shape index (κ2) is 1.58. The number of nitrogens with one attached hydrogen (secondary N) is 2. The Morgan fingerprint density at radius 1 is 1.67 bits per heavy atom. The van der Waals surface area contributed by atoms with Gasteiger partial charge < -0.3 is 5.32 Å². The lowest BCUT2D eigenvalue weighted by atomic mass is 10.3. The molecule has 0 amide bonds. The summed E-state index contributed by atoms with van der Waals surface area (Å²) in [5.74, 6) is 0. The standard InChI is InChI=1S/C4H9N2/c5-4-1-2-6-3-4/h4-6H,1-3H2. The predicted octanol–water partition coefficient (Wildman–Crippen LogP) is -0.369. The van der Waals surface area contributed by atoms with Gasteiger partial charge in [0, 0.05) is 12.6 Å². The van der Waals surface area contributed by atoms with Crippen LogP contribution in [-0.2, 0) is 0 Å². The van der Waals surface area contributed by atoms with Crippen molar-refractivity contribution in [1.29, 1.82) is 0 Å². The van der Waals surface area contributed by atoms with Crippen molar-refractivity contribution in [3.05, 3.63) is 0 Å². The van der Waals surface area contributed by atoms with Gasteiger partial charge in [-0.1, -0.05) is 0 Å². The Balaban J connectivity index is 2.18. The maximum Gasteiger partial charge on any atom is 0.0349 e. The molecular weight excluding hydrogens is 76.1 g/mol. The third kappa shape index (κ3) is 0.698. The molecule has 2 nitrogen and oxygen atoms in total. The molecule has 35 valence electrons. The van der Waals surface area contributed by atoms with Crippen LogP contribution < -0.4 is 11.1 Å². The first-order valence-electron chi connectivity index (χ1n) is 2.31. The zero-order valence-corrected chi connectivity index (χ0v) is 3.70. The first-order chi connectivity index (χ1) is 2.89. The van der Waals surface area contributed by atoms with Crippen molar-refractivity contribution in [3.63, 3.8) is 0 Å². The van der Waals surface area contributed by atoms with E-state index in [2.05, 4.69) is 5.32 Å². The van der Waals surface area contributed by atoms with Gasteiger partial charge in [-0.15, -0.1) is 0 Å². The second-order valence-corrected chi connectivity index (χ2v) is 1.69. The van der Waals surface area contributed by atoms with E-state index in [1.165, 1.54) is 0 Å². The first-order valence-corrected chi connectivity index (χ1v) is 2.31. The maximum atomic E-state index is 7.07. The van der Waals surface area contributed by atoms with E-state index in [1.54, 1.807) is 0 Å². The van der Waals surface area contributed by atoms with Crippen LogP contribution in [0.1, 0.15) is 6.42 Å². The summed E-state index contributed by atoms with van der Waals surface area (Å²) >= 11 is 0. The first kappa shape index (κ1) is 4.09. The minimum absolute atomic E-state index is 0.185. The average molecular weight is 85.1 g/mol. The van der Waals surface area contributed by atoms with E-state index in [9.17, 15) is 0 Å². The third-order valence-electron chi connectivity index (χ3n) is 1.06. The lowest BCUT2D eigenvalue weighted by Crippen LogP contribution is -2.13. The van der Waals surface area contributed by atoms with Crippen molar-refractivity contribution in [2.75, 3.05) is 13.1 Å². The largest absolute Gasteiger partial charge is 0.315 e. The fourth-order valence-electron chi connectivity index (χ4n) is 0.655. The van der Waals surface area contributed by atoms with Crippen LogP contribution in [0, 0.1) is 0 Å². The molecule has 0 aromatic heterocycles. The Bertz CT molecular complexity index is 38.8. The smallest absolute Gasteiger partial charge is 0.0349 e. The summed E-state index contributed by atoms with van der Waals surface area (Å²) < 4.78 is 0. The molecule has 2 N–H and O–H groups in total. The van der Waals surface area contributed by atoms with Gasteiger partial charge in [-0.3, -0.25) is 5.73 Å². The van der Waals surface area contributed by atoms with Crippen molar-refractivity contribution in [2.24, 2.45) is 0 Å². The van der Waals surface area contributed by atoms with Crippen molar-refractivity contribution in [3.8, 4) is 0 Å². The van der Waals surface area contributed by atoms with Gasteiger partial charge in [-0.2, -0.15) is 0 Å². The molecule has 0 aromatic carbocycles. The molecule has 2 heteroatoms. The van der Waals surface area contributed by atoms with Crippen molar-refractivity contribution >= 4 is 0 Å². The molecule has 1 aliphatic rings. The third-order valence-corrected chi connectivity index (χ3v) is 1.06. The van der Waals surface area contributed by atoms with Crippen LogP contribution >= 0.6 is 0 Å². The van der Waals surface area contributed by atoms with Gasteiger partial charge >= 0.3 is 0 Å². The van der Waals surface area contributed by atoms with Crippen LogP contribution in [0.2, 0.25) is 0 Å². The molecule has 1 rings (SSSR count). The molecule has 1 atom stereocenters. The van der Waals surface area contributed by atoms with E-state index in [0.29, 0.717) is 0 Å². The molecule has 1 heterocycles. The van der Waals surface area contributed by atoms with E-state index in [4.69, 9.17) is 5.73 Å². The Kier molecular flexibility index (Phi) is 1.08. The Hall–Kier alpha value is -0.0800. The van der Waals surface area contributed by atoms with E-state index in [1.807, 2.05) is 0 Å². The zero-order chi connectivity index (χ0) is 4.41. The van der Waals surface area contributed by atoms with Gasteiger partial charge in [0.25, 0.3) is 0 Å². The van der Waals surface area contributed by atoms with Gasteiger partial charge in [0.1, 0.15) is 0 Å². The normalized spacial score (nSPS) is 34.5. The summed E-state index contributed by atoms with van der Waals surface area (Å²) in [6.45, 7) is 1.95. The highest BCUT2D eigenvalue weighted by Gasteiger charge is 2.07. The Labute approximate surface area is 37.7 Å². The van der Waals surface area contributed by atoms with E-state index < -0.39 is 0 Å². The average Bonchev–Trinajstić information content (AvgIpc) is 1.86. The van der Waals surface area contributed by atoms with E-state index in [-0.39, 0.29) is 6.04 Å². The van der Waals surface area contributed by atoms with Gasteiger partial charge in [0.2, 0.25) is 0 Å². The van der Waals surface area contributed by atoms with Crippen LogP contribution in [0.4, 0.5) is 0 Å². The summed E-state index contributed by atoms with van der Waals surface area (Å²) in [4.78, 5) is 0. The quantitative estimate of drug-likeness (QED) is 0.428. The summed E-state index contributed by atoms with van der Waals surface area (Å²) in [5, 5.41) is 3.08. The molecule has 0 bridgehead atoms. The van der Waals surface area contributed by atoms with Crippen molar-refractivity contribution in [2.45, 2.75) is 12.5 Å². The summed E-state index contributed by atoms with van der Waals surface area (Å²) in [6.07, 6.45) is 1.04. The molecule has 1 aliphatic heterocycles. The molecule has 1 unspecified atom stereocenters. The molecule has 1 radical (unpaired) electrons. The number of hydrogen-bond acceptors (Lipinski definition) is 1. The zero-order valence-electron chi connectivity index (χ0n) is 3.70. The lowest BCUT2D eigenvalue weighted by molar-refractivity contribution is 0.718. The number of rotatable bonds is 0. The summed E-state index contributed by atoms with van der Waals surface area (Å²) in [5.41, 5.74) is 7.07. The van der Waals surface area contributed by atoms with Gasteiger partial charge in [0.15, 0.2) is 0 Å². The second-order valence-electron chi connectivity index (χ2n) is 1.69. The van der Waals surface area contributed by atoms with Crippen LogP contribution in [0.3, 0.4) is 0 Å². The topological polar surface area (TPSA) is 35.8 Å². The van der Waals surface area contributed by atoms with Gasteiger partial charge in [0.05, 0.1) is 0 Å². The van der Waals surface area contributed by atoms with Crippen LogP contribution in [-0.4, -0.2) is 19.1 Å². The molecule has 0 aliphatic carbocycles. The Morgan fingerprint density at radius 2 is 2.50 bits per heavy atom. The molecule has 1 fully saturated rings. The van der Waals surface area contributed by atoms with E-state index in [0.717, 1.165) is 19.5 Å². The minimum Gasteiger partial charge on any atom is -0.315 e. The molecule has 1 saturated heterocycles. The maximum absolute atomic E-state index is 7.07. The van der Waals surface area contributed by atoms with Crippen molar-refractivity contribution in [1.82, 2.24) is 11.1 Å². The lowest BCUT2D eigenvalue weighted by Gasteiger charge is -1.89. The number of hydrogen-bond donors (Lipinski definition) is 1. The molecular formula is C4H9N2. The van der Waals surface area contributed by atoms with E-state index >= 15 is 0 Å². The van der Waals surface area contributed by atoms with Gasteiger partial charge in [-0.25, -0.2) is 0 Å². The molecule has 0 aromatic rings. The summed E-state index contributed by atoms with van der Waals surface area (Å²) in [6, 6.07) is 0.185. The highest BCUT2D eigenvalue weighted by atomic mass is 14.9. The molecule has 0 spiro atoms. The minimum atomic E-state index is 0.185. The molecule has 6 heavy (non-hydrogen) atoms. The summed E-state index contributed by atoms with van der Waals surface area (Å²) in [7, 11) is 0. The molecule has 0 saturated carbocycles. The monoisotopic (exact) mass is 85.1 g/mol. The SMILES string of the molecule is [NH]C1CCNC1. The Morgan fingerprint density at radius 3 is 2.67 bits per heavy atom. The fraction of sp³-hybridized carbons (Fsp3) is 1.00. The van der Waals surface area contributed by atoms with Gasteiger partial charge in [-0.05, 0) is 13.0 Å². The highest BCUT2D eigenvalue weighted by molar-refractivity contribution is 4.71. The fourth-order valence-corrected chi connectivity index (χ4v) is 0.655. The van der Waals surface area contributed by atoms with Crippen LogP contribution in [0.15, 0.2) is 0 Å². The van der Waals surface area contributed by atoms with Crippen LogP contribution in [0.5, 0.6) is 0 Å². The highest BCUT2D eigenvalue weighted by Crippen LogP contribution is 1.92. The van der Waals surface area contributed by atoms with Crippen LogP contribution in [0.25, 0.3) is 0 Å². The van der Waals surface area contributed by atoms with Crippen molar-refractivity contribution < 1.29 is 0 Å². The predicted molar refractivity (Wildman–Crippen MR) is 24.4 cm³/mol.